The van der Waals surface area contributed by atoms with E-state index in [0.29, 0.717) is 11.6 Å². The fraction of sp³-hybridized carbons (Fsp3) is 0.133. The molecule has 2 nitrogen and oxygen atoms in total. The van der Waals surface area contributed by atoms with Crippen molar-refractivity contribution in [2.24, 2.45) is 0 Å². The minimum absolute atomic E-state index is 0.113. The number of ether oxygens (including phenoxy) is 1. The van der Waals surface area contributed by atoms with Gasteiger partial charge < -0.3 is 4.74 Å². The zero-order valence-corrected chi connectivity index (χ0v) is 10.5. The van der Waals surface area contributed by atoms with E-state index in [1.807, 2.05) is 19.9 Å². The molecule has 0 saturated heterocycles. The lowest BCUT2D eigenvalue weighted by Gasteiger charge is -2.09. The van der Waals surface area contributed by atoms with Gasteiger partial charge in [-0.25, -0.2) is 8.78 Å². The van der Waals surface area contributed by atoms with E-state index in [9.17, 15) is 13.6 Å². The van der Waals surface area contributed by atoms with Crippen LogP contribution in [0.4, 0.5) is 8.78 Å². The van der Waals surface area contributed by atoms with Crippen molar-refractivity contribution in [3.8, 4) is 16.9 Å². The lowest BCUT2D eigenvalue weighted by atomic mass is 10.00. The average Bonchev–Trinajstić information content (AvgIpc) is 2.31. The molecular formula is C15H12F2O2. The van der Waals surface area contributed by atoms with Gasteiger partial charge in [0.15, 0.2) is 11.6 Å². The zero-order chi connectivity index (χ0) is 14.0. The molecule has 2 aromatic rings. The molecule has 0 fully saturated rings. The highest BCUT2D eigenvalue weighted by Gasteiger charge is 2.13. The molecule has 0 aliphatic carbocycles. The molecule has 0 aromatic heterocycles. The smallest absolute Gasteiger partial charge is 0.298 e. The highest BCUT2D eigenvalue weighted by molar-refractivity contribution is 5.68. The van der Waals surface area contributed by atoms with Gasteiger partial charge in [0.2, 0.25) is 0 Å². The second-order valence-corrected chi connectivity index (χ2v) is 4.35. The van der Waals surface area contributed by atoms with Crippen molar-refractivity contribution in [3.05, 3.63) is 53.1 Å². The zero-order valence-electron chi connectivity index (χ0n) is 10.5. The Morgan fingerprint density at radius 2 is 1.58 bits per heavy atom. The Morgan fingerprint density at radius 1 is 0.947 bits per heavy atom. The van der Waals surface area contributed by atoms with Crippen LogP contribution in [-0.4, -0.2) is 6.47 Å². The van der Waals surface area contributed by atoms with E-state index in [4.69, 9.17) is 0 Å². The van der Waals surface area contributed by atoms with Crippen molar-refractivity contribution in [3.63, 3.8) is 0 Å². The van der Waals surface area contributed by atoms with Crippen LogP contribution >= 0.6 is 0 Å². The van der Waals surface area contributed by atoms with Gasteiger partial charge in [-0.15, -0.1) is 0 Å². The van der Waals surface area contributed by atoms with Crippen LogP contribution in [0.1, 0.15) is 11.1 Å². The number of benzene rings is 2. The molecule has 0 amide bonds. The summed E-state index contributed by atoms with van der Waals surface area (Å²) in [6.07, 6.45) is 0. The first kappa shape index (κ1) is 13.2. The predicted octanol–water partition coefficient (Wildman–Crippen LogP) is 3.78. The molecular weight excluding hydrogens is 250 g/mol. The summed E-state index contributed by atoms with van der Waals surface area (Å²) in [5.74, 6) is -1.89. The van der Waals surface area contributed by atoms with Crippen LogP contribution < -0.4 is 4.74 Å². The fourth-order valence-electron chi connectivity index (χ4n) is 2.02. The second-order valence-electron chi connectivity index (χ2n) is 4.35. The van der Waals surface area contributed by atoms with Crippen molar-refractivity contribution in [1.29, 1.82) is 0 Å². The number of halogens is 2. The van der Waals surface area contributed by atoms with E-state index in [0.717, 1.165) is 11.1 Å². The standard InChI is InChI=1S/C15H12F2O2/c1-9-3-10(2)5-11(4-9)12-6-15(19-8-18)14(17)7-13(12)16/h3-8H,1-2H3. The first-order valence-corrected chi connectivity index (χ1v) is 5.69. The summed E-state index contributed by atoms with van der Waals surface area (Å²) in [4.78, 5) is 10.3. The molecule has 2 aromatic carbocycles. The molecule has 0 heterocycles. The fourth-order valence-corrected chi connectivity index (χ4v) is 2.02. The van der Waals surface area contributed by atoms with Gasteiger partial charge in [-0.05, 0) is 25.5 Å². The molecule has 98 valence electrons. The summed E-state index contributed by atoms with van der Waals surface area (Å²) in [7, 11) is 0. The van der Waals surface area contributed by atoms with Gasteiger partial charge in [0.1, 0.15) is 5.82 Å². The van der Waals surface area contributed by atoms with Crippen molar-refractivity contribution < 1.29 is 18.3 Å². The molecule has 0 spiro atoms. The maximum Gasteiger partial charge on any atom is 0.298 e. The average molecular weight is 262 g/mol. The van der Waals surface area contributed by atoms with Crippen molar-refractivity contribution >= 4 is 6.47 Å². The van der Waals surface area contributed by atoms with Crippen molar-refractivity contribution in [2.45, 2.75) is 13.8 Å². The van der Waals surface area contributed by atoms with Gasteiger partial charge in [0.25, 0.3) is 6.47 Å². The van der Waals surface area contributed by atoms with Crippen LogP contribution in [0.15, 0.2) is 30.3 Å². The summed E-state index contributed by atoms with van der Waals surface area (Å²) in [5, 5.41) is 0. The highest BCUT2D eigenvalue weighted by Crippen LogP contribution is 2.30. The molecule has 0 saturated carbocycles. The summed E-state index contributed by atoms with van der Waals surface area (Å²) in [6.45, 7) is 3.89. The number of hydrogen-bond acceptors (Lipinski definition) is 2. The van der Waals surface area contributed by atoms with Crippen LogP contribution in [0.25, 0.3) is 11.1 Å². The monoisotopic (exact) mass is 262 g/mol. The Hall–Kier alpha value is -2.23. The summed E-state index contributed by atoms with van der Waals surface area (Å²) >= 11 is 0. The molecule has 0 unspecified atom stereocenters. The Labute approximate surface area is 109 Å². The van der Waals surface area contributed by atoms with E-state index < -0.39 is 11.6 Å². The molecule has 19 heavy (non-hydrogen) atoms. The molecule has 0 N–H and O–H groups in total. The van der Waals surface area contributed by atoms with E-state index >= 15 is 0 Å². The van der Waals surface area contributed by atoms with E-state index in [2.05, 4.69) is 4.74 Å². The molecule has 0 bridgehead atoms. The first-order valence-electron chi connectivity index (χ1n) is 5.69. The summed E-state index contributed by atoms with van der Waals surface area (Å²) in [6, 6.07) is 7.43. The highest BCUT2D eigenvalue weighted by atomic mass is 19.1. The van der Waals surface area contributed by atoms with E-state index in [-0.39, 0.29) is 17.8 Å². The third-order valence-electron chi connectivity index (χ3n) is 2.73. The lowest BCUT2D eigenvalue weighted by molar-refractivity contribution is -0.120. The minimum Gasteiger partial charge on any atom is -0.426 e. The summed E-state index contributed by atoms with van der Waals surface area (Å²) in [5.41, 5.74) is 2.75. The number of rotatable bonds is 3. The topological polar surface area (TPSA) is 26.3 Å². The molecule has 0 aliphatic heterocycles. The lowest BCUT2D eigenvalue weighted by Crippen LogP contribution is -1.96. The SMILES string of the molecule is Cc1cc(C)cc(-c2cc(OC=O)c(F)cc2F)c1. The Balaban J connectivity index is 2.60. The molecule has 0 atom stereocenters. The largest absolute Gasteiger partial charge is 0.426 e. The Bertz CT molecular complexity index is 616. The van der Waals surface area contributed by atoms with Crippen LogP contribution in [0, 0.1) is 25.5 Å². The maximum atomic E-state index is 13.8. The first-order chi connectivity index (χ1) is 9.01. The quantitative estimate of drug-likeness (QED) is 0.787. The molecule has 0 aliphatic rings. The third-order valence-corrected chi connectivity index (χ3v) is 2.73. The van der Waals surface area contributed by atoms with Gasteiger partial charge in [-0.3, -0.25) is 4.79 Å². The van der Waals surface area contributed by atoms with Crippen molar-refractivity contribution in [2.75, 3.05) is 0 Å². The van der Waals surface area contributed by atoms with Gasteiger partial charge in [-0.1, -0.05) is 29.3 Å². The molecule has 0 radical (unpaired) electrons. The number of hydrogen-bond donors (Lipinski definition) is 0. The van der Waals surface area contributed by atoms with E-state index in [1.165, 1.54) is 6.07 Å². The van der Waals surface area contributed by atoms with Crippen LogP contribution in [0.5, 0.6) is 5.75 Å². The van der Waals surface area contributed by atoms with Gasteiger partial charge in [-0.2, -0.15) is 0 Å². The van der Waals surface area contributed by atoms with E-state index in [1.54, 1.807) is 12.1 Å². The second kappa shape index (κ2) is 5.18. The van der Waals surface area contributed by atoms with Crippen molar-refractivity contribution in [1.82, 2.24) is 0 Å². The van der Waals surface area contributed by atoms with Gasteiger partial charge in [0.05, 0.1) is 0 Å². The number of carbonyl (C=O) groups excluding carboxylic acids is 1. The Morgan fingerprint density at radius 3 is 2.16 bits per heavy atom. The number of aryl methyl sites for hydroxylation is 2. The van der Waals surface area contributed by atoms with Crippen LogP contribution in [0.2, 0.25) is 0 Å². The van der Waals surface area contributed by atoms with Gasteiger partial charge in [0, 0.05) is 11.6 Å². The number of carbonyl (C=O) groups is 1. The minimum atomic E-state index is -0.905. The van der Waals surface area contributed by atoms with Crippen LogP contribution in [0.3, 0.4) is 0 Å². The third kappa shape index (κ3) is 2.78. The Kier molecular flexibility index (Phi) is 3.60. The molecule has 4 heteroatoms. The summed E-state index contributed by atoms with van der Waals surface area (Å²) < 4.78 is 31.7. The van der Waals surface area contributed by atoms with Crippen LogP contribution in [-0.2, 0) is 4.79 Å². The van der Waals surface area contributed by atoms with Gasteiger partial charge >= 0.3 is 0 Å². The normalized spacial score (nSPS) is 10.3. The predicted molar refractivity (Wildman–Crippen MR) is 68.0 cm³/mol. The maximum absolute atomic E-state index is 13.8. The molecule has 2 rings (SSSR count).